The number of hydrogen-bond donors (Lipinski definition) is 0. The highest BCUT2D eigenvalue weighted by Gasteiger charge is 2.90. The molecule has 0 amide bonds. The topological polar surface area (TPSA) is 52.6 Å². The summed E-state index contributed by atoms with van der Waals surface area (Å²) in [6.45, 7) is 0.280. The molecule has 0 saturated carbocycles. The summed E-state index contributed by atoms with van der Waals surface area (Å²) in [6.07, 6.45) is 14.1. The Bertz CT molecular complexity index is 999. The molecule has 0 heterocycles. The highest BCUT2D eigenvalue weighted by molar-refractivity contribution is 5.91. The van der Waals surface area contributed by atoms with Crippen LogP contribution in [0.25, 0.3) is 0 Å². The molecule has 0 aromatic heterocycles. The largest absolute Gasteiger partial charge is 0.463 e. The zero-order valence-corrected chi connectivity index (χ0v) is 29.0. The third-order valence-corrected chi connectivity index (χ3v) is 8.26. The van der Waals surface area contributed by atoms with Gasteiger partial charge in [-0.1, -0.05) is 129 Å². The van der Waals surface area contributed by atoms with Crippen molar-refractivity contribution >= 4 is 11.9 Å². The van der Waals surface area contributed by atoms with Crippen LogP contribution in [0.4, 0.5) is 57.1 Å². The van der Waals surface area contributed by atoms with Crippen molar-refractivity contribution in [2.75, 3.05) is 13.2 Å². The molecule has 302 valence electrons. The summed E-state index contributed by atoms with van der Waals surface area (Å²) in [7, 11) is 0. The number of rotatable bonds is 30. The van der Waals surface area contributed by atoms with E-state index in [2.05, 4.69) is 11.7 Å². The Morgan fingerprint density at radius 2 is 0.706 bits per heavy atom. The molecule has 0 aliphatic heterocycles. The number of carbonyl (C=O) groups excluding carboxylic acids is 2. The maximum Gasteiger partial charge on any atom is 0.460 e. The van der Waals surface area contributed by atoms with Crippen molar-refractivity contribution in [2.24, 2.45) is 0 Å². The Balaban J connectivity index is 4.11. The summed E-state index contributed by atoms with van der Waals surface area (Å²) < 4.78 is 179. The van der Waals surface area contributed by atoms with E-state index in [0.29, 0.717) is 12.5 Å². The average molecular weight is 771 g/mol. The maximum absolute atomic E-state index is 13.7. The molecule has 0 bridgehead atoms. The molecule has 0 radical (unpaired) electrons. The van der Waals surface area contributed by atoms with E-state index < -0.39 is 60.8 Å². The minimum atomic E-state index is -8.00. The van der Waals surface area contributed by atoms with Crippen LogP contribution in [-0.2, 0) is 19.1 Å². The first kappa shape index (κ1) is 48.8. The molecule has 0 spiro atoms. The number of unbranched alkanes of at least 4 members (excludes halogenated alkanes) is 19. The first-order chi connectivity index (χ1) is 23.6. The van der Waals surface area contributed by atoms with Crippen LogP contribution in [0.3, 0.4) is 0 Å². The summed E-state index contributed by atoms with van der Waals surface area (Å²) in [5.41, 5.74) is 0. The smallest absolute Gasteiger partial charge is 0.460 e. The SMILES string of the molecule is CCCCCCCCCCCCCCCCCCCCCCOC(=O)/C=C/C(=O)OCCC(F)(F)C(F)(F)C(F)(F)C(F)(F)C(F)(F)C(F)(F)F. The van der Waals surface area contributed by atoms with Gasteiger partial charge in [0.2, 0.25) is 0 Å². The molecular weight excluding hydrogens is 719 g/mol. The van der Waals surface area contributed by atoms with Crippen molar-refractivity contribution in [3.05, 3.63) is 12.2 Å². The molecule has 0 aromatic carbocycles. The lowest BCUT2D eigenvalue weighted by molar-refractivity contribution is -0.440. The number of carbonyl (C=O) groups is 2. The molecule has 0 unspecified atom stereocenters. The quantitative estimate of drug-likeness (QED) is 0.0316. The second-order valence-electron chi connectivity index (χ2n) is 12.6. The van der Waals surface area contributed by atoms with E-state index in [-0.39, 0.29) is 12.7 Å². The van der Waals surface area contributed by atoms with Crippen LogP contribution in [0, 0.1) is 0 Å². The van der Waals surface area contributed by atoms with Gasteiger partial charge >= 0.3 is 47.7 Å². The number of alkyl halides is 13. The van der Waals surface area contributed by atoms with Gasteiger partial charge in [0.05, 0.1) is 19.6 Å². The van der Waals surface area contributed by atoms with Crippen LogP contribution in [0.1, 0.15) is 142 Å². The minimum Gasteiger partial charge on any atom is -0.463 e. The molecule has 0 aliphatic rings. The standard InChI is InChI=1S/C34H51F13O4/c1-2-3-4-5-6-7-8-9-10-11-12-13-14-15-16-17-18-19-20-21-25-50-27(48)22-23-28(49)51-26-24-29(35,36)30(37,38)31(39,40)32(41,42)33(43,44)34(45,46)47/h22-23H,2-21,24-26H2,1H3/b23-22+. The summed E-state index contributed by atoms with van der Waals surface area (Å²) in [5, 5.41) is 0. The van der Waals surface area contributed by atoms with Gasteiger partial charge in [-0.15, -0.1) is 0 Å². The van der Waals surface area contributed by atoms with Gasteiger partial charge in [-0.2, -0.15) is 57.1 Å². The van der Waals surface area contributed by atoms with Crippen molar-refractivity contribution in [1.29, 1.82) is 0 Å². The van der Waals surface area contributed by atoms with E-state index in [4.69, 9.17) is 4.74 Å². The van der Waals surface area contributed by atoms with E-state index in [0.717, 1.165) is 32.1 Å². The normalized spacial score (nSPS) is 13.6. The fourth-order valence-corrected chi connectivity index (χ4v) is 5.00. The Labute approximate surface area is 291 Å². The molecule has 51 heavy (non-hydrogen) atoms. The summed E-state index contributed by atoms with van der Waals surface area (Å²) >= 11 is 0. The Morgan fingerprint density at radius 3 is 1.04 bits per heavy atom. The van der Waals surface area contributed by atoms with Gasteiger partial charge in [-0.25, -0.2) is 9.59 Å². The predicted molar refractivity (Wildman–Crippen MR) is 164 cm³/mol. The third kappa shape index (κ3) is 16.5. The molecule has 0 N–H and O–H groups in total. The highest BCUT2D eigenvalue weighted by atomic mass is 19.4. The van der Waals surface area contributed by atoms with Crippen molar-refractivity contribution in [2.45, 2.75) is 178 Å². The lowest BCUT2D eigenvalue weighted by Crippen LogP contribution is -2.70. The zero-order chi connectivity index (χ0) is 39.2. The van der Waals surface area contributed by atoms with Gasteiger partial charge in [0.1, 0.15) is 0 Å². The highest BCUT2D eigenvalue weighted by Crippen LogP contribution is 2.60. The molecule has 0 aromatic rings. The Morgan fingerprint density at radius 1 is 0.412 bits per heavy atom. The van der Waals surface area contributed by atoms with Crippen molar-refractivity contribution < 1.29 is 76.1 Å². The molecular formula is C34H51F13O4. The molecule has 0 rings (SSSR count). The van der Waals surface area contributed by atoms with Crippen LogP contribution in [-0.4, -0.2) is 60.9 Å². The van der Waals surface area contributed by atoms with E-state index in [1.807, 2.05) is 0 Å². The first-order valence-electron chi connectivity index (χ1n) is 17.6. The van der Waals surface area contributed by atoms with Crippen LogP contribution in [0.15, 0.2) is 12.2 Å². The van der Waals surface area contributed by atoms with Gasteiger partial charge in [0, 0.05) is 12.2 Å². The number of hydrogen-bond acceptors (Lipinski definition) is 4. The minimum absolute atomic E-state index is 0.0370. The van der Waals surface area contributed by atoms with Crippen LogP contribution >= 0.6 is 0 Å². The van der Waals surface area contributed by atoms with E-state index >= 15 is 0 Å². The molecule has 0 atom stereocenters. The number of esters is 2. The zero-order valence-electron chi connectivity index (χ0n) is 29.0. The van der Waals surface area contributed by atoms with E-state index in [9.17, 15) is 66.7 Å². The van der Waals surface area contributed by atoms with Gasteiger partial charge in [0.15, 0.2) is 0 Å². The lowest BCUT2D eigenvalue weighted by Gasteiger charge is -2.39. The number of halogens is 13. The Hall–Kier alpha value is -2.23. The predicted octanol–water partition coefficient (Wildman–Crippen LogP) is 12.6. The fourth-order valence-electron chi connectivity index (χ4n) is 5.00. The monoisotopic (exact) mass is 770 g/mol. The van der Waals surface area contributed by atoms with Gasteiger partial charge in [-0.3, -0.25) is 0 Å². The fraction of sp³-hybridized carbons (Fsp3) is 0.882. The molecule has 0 fully saturated rings. The first-order valence-corrected chi connectivity index (χ1v) is 17.6. The molecule has 17 heteroatoms. The summed E-state index contributed by atoms with van der Waals surface area (Å²) in [5.74, 6) is -40.3. The van der Waals surface area contributed by atoms with Crippen LogP contribution < -0.4 is 0 Å². The lowest BCUT2D eigenvalue weighted by atomic mass is 9.93. The van der Waals surface area contributed by atoms with Gasteiger partial charge in [-0.05, 0) is 6.42 Å². The summed E-state index contributed by atoms with van der Waals surface area (Å²) in [4.78, 5) is 23.1. The molecule has 0 saturated heterocycles. The van der Waals surface area contributed by atoms with Crippen LogP contribution in [0.5, 0.6) is 0 Å². The molecule has 4 nitrogen and oxygen atoms in total. The van der Waals surface area contributed by atoms with Crippen molar-refractivity contribution in [1.82, 2.24) is 0 Å². The van der Waals surface area contributed by atoms with Gasteiger partial charge in [0.25, 0.3) is 0 Å². The summed E-state index contributed by atoms with van der Waals surface area (Å²) in [6, 6.07) is 0. The second kappa shape index (κ2) is 23.4. The average Bonchev–Trinajstić information content (AvgIpc) is 3.03. The van der Waals surface area contributed by atoms with Gasteiger partial charge < -0.3 is 9.47 Å². The maximum atomic E-state index is 13.7. The van der Waals surface area contributed by atoms with E-state index in [1.165, 1.54) is 89.9 Å². The van der Waals surface area contributed by atoms with E-state index in [1.54, 1.807) is 0 Å². The molecule has 0 aliphatic carbocycles. The number of ether oxygens (including phenoxy) is 2. The second-order valence-corrected chi connectivity index (χ2v) is 12.6. The Kier molecular flexibility index (Phi) is 22.4. The third-order valence-electron chi connectivity index (χ3n) is 8.26. The van der Waals surface area contributed by atoms with Crippen molar-refractivity contribution in [3.63, 3.8) is 0 Å². The van der Waals surface area contributed by atoms with Crippen LogP contribution in [0.2, 0.25) is 0 Å². The van der Waals surface area contributed by atoms with Crippen molar-refractivity contribution in [3.8, 4) is 0 Å².